The quantitative estimate of drug-likeness (QED) is 0.298. The molecule has 7 nitrogen and oxygen atoms in total. The number of azo groups is 1. The zero-order valence-electron chi connectivity index (χ0n) is 14.6. The number of benzene rings is 2. The Bertz CT molecular complexity index is 1470. The first-order valence-electron chi connectivity index (χ1n) is 8.49. The number of aromatic hydroxyl groups is 1. The van der Waals surface area contributed by atoms with Crippen LogP contribution in [0.2, 0.25) is 0 Å². The third-order valence-electron chi connectivity index (χ3n) is 4.36. The fourth-order valence-corrected chi connectivity index (χ4v) is 3.64. The van der Waals surface area contributed by atoms with Crippen molar-refractivity contribution in [3.05, 3.63) is 70.1 Å². The standard InChI is InChI=1S/C20H11FN4O3S/c21-11-5-6-14-12(8-11)17(18(26)22-14)24-25-20-23-15(9-29-20)13-7-10-3-1-2-4-16(10)28-19(13)27/h1-9,22,26H. The van der Waals surface area contributed by atoms with E-state index in [0.29, 0.717) is 27.7 Å². The summed E-state index contributed by atoms with van der Waals surface area (Å²) >= 11 is 1.18. The third kappa shape index (κ3) is 3.07. The highest BCUT2D eigenvalue weighted by molar-refractivity contribution is 7.13. The number of nitrogens with zero attached hydrogens (tertiary/aromatic N) is 3. The van der Waals surface area contributed by atoms with Crippen LogP contribution in [0, 0.1) is 5.82 Å². The van der Waals surface area contributed by atoms with Gasteiger partial charge in [0.1, 0.15) is 11.4 Å². The van der Waals surface area contributed by atoms with Gasteiger partial charge in [0.2, 0.25) is 11.0 Å². The highest BCUT2D eigenvalue weighted by Crippen LogP contribution is 2.37. The number of aromatic amines is 1. The van der Waals surface area contributed by atoms with Crippen LogP contribution in [-0.4, -0.2) is 15.1 Å². The number of H-pyrrole nitrogens is 1. The van der Waals surface area contributed by atoms with Gasteiger partial charge in [-0.25, -0.2) is 14.2 Å². The second-order valence-electron chi connectivity index (χ2n) is 6.21. The minimum absolute atomic E-state index is 0.112. The van der Waals surface area contributed by atoms with Crippen molar-refractivity contribution in [2.45, 2.75) is 0 Å². The summed E-state index contributed by atoms with van der Waals surface area (Å²) in [5, 5.41) is 21.2. The van der Waals surface area contributed by atoms with Crippen molar-refractivity contribution < 1.29 is 13.9 Å². The van der Waals surface area contributed by atoms with Crippen LogP contribution in [0.25, 0.3) is 33.1 Å². The minimum atomic E-state index is -0.498. The normalized spacial score (nSPS) is 11.8. The molecule has 2 aromatic carbocycles. The molecule has 0 saturated heterocycles. The summed E-state index contributed by atoms with van der Waals surface area (Å²) in [6, 6.07) is 13.0. The molecule has 0 amide bonds. The zero-order valence-corrected chi connectivity index (χ0v) is 15.4. The molecule has 0 spiro atoms. The Morgan fingerprint density at radius 1 is 1.14 bits per heavy atom. The SMILES string of the molecule is O=c1oc2ccccc2cc1-c1csc(N=Nc2c(O)[nH]c3ccc(F)cc23)n1. The molecule has 142 valence electrons. The fraction of sp³-hybridized carbons (Fsp3) is 0. The molecule has 0 unspecified atom stereocenters. The molecule has 5 rings (SSSR count). The maximum atomic E-state index is 13.5. The molecule has 0 fully saturated rings. The van der Waals surface area contributed by atoms with Crippen LogP contribution >= 0.6 is 11.3 Å². The molecule has 0 aliphatic heterocycles. The molecule has 5 aromatic rings. The second-order valence-corrected chi connectivity index (χ2v) is 7.05. The lowest BCUT2D eigenvalue weighted by atomic mass is 10.1. The Morgan fingerprint density at radius 3 is 2.90 bits per heavy atom. The minimum Gasteiger partial charge on any atom is -0.493 e. The Morgan fingerprint density at radius 2 is 2.00 bits per heavy atom. The first-order valence-corrected chi connectivity index (χ1v) is 9.37. The van der Waals surface area contributed by atoms with Crippen LogP contribution in [0.3, 0.4) is 0 Å². The van der Waals surface area contributed by atoms with E-state index >= 15 is 0 Å². The van der Waals surface area contributed by atoms with E-state index in [1.165, 1.54) is 29.5 Å². The van der Waals surface area contributed by atoms with Gasteiger partial charge >= 0.3 is 5.63 Å². The Labute approximate surface area is 165 Å². The maximum absolute atomic E-state index is 13.5. The first kappa shape index (κ1) is 17.3. The lowest BCUT2D eigenvalue weighted by Gasteiger charge is -1.98. The van der Waals surface area contributed by atoms with Gasteiger partial charge in [-0.15, -0.1) is 21.6 Å². The molecule has 2 N–H and O–H groups in total. The highest BCUT2D eigenvalue weighted by atomic mass is 32.1. The lowest BCUT2D eigenvalue weighted by molar-refractivity contribution is 0.459. The van der Waals surface area contributed by atoms with E-state index in [1.54, 1.807) is 23.6 Å². The topological polar surface area (TPSA) is 104 Å². The number of nitrogens with one attached hydrogen (secondary N) is 1. The molecule has 0 aliphatic rings. The maximum Gasteiger partial charge on any atom is 0.345 e. The monoisotopic (exact) mass is 406 g/mol. The van der Waals surface area contributed by atoms with Gasteiger partial charge < -0.3 is 14.5 Å². The molecule has 29 heavy (non-hydrogen) atoms. The van der Waals surface area contributed by atoms with Gasteiger partial charge in [-0.3, -0.25) is 0 Å². The van der Waals surface area contributed by atoms with Gasteiger partial charge in [-0.05, 0) is 30.3 Å². The number of thiazole rings is 1. The Hall–Kier alpha value is -3.85. The van der Waals surface area contributed by atoms with Crippen molar-refractivity contribution in [3.8, 4) is 17.1 Å². The number of rotatable bonds is 3. The molecule has 0 radical (unpaired) electrons. The second kappa shape index (κ2) is 6.64. The number of para-hydroxylation sites is 1. The Balaban J connectivity index is 1.52. The summed E-state index contributed by atoms with van der Waals surface area (Å²) in [5.41, 5.74) is 1.38. The predicted molar refractivity (Wildman–Crippen MR) is 108 cm³/mol. The largest absolute Gasteiger partial charge is 0.493 e. The summed E-state index contributed by atoms with van der Waals surface area (Å²) in [6.45, 7) is 0. The van der Waals surface area contributed by atoms with Crippen LogP contribution in [-0.2, 0) is 0 Å². The average Bonchev–Trinajstić information content (AvgIpc) is 3.29. The summed E-state index contributed by atoms with van der Waals surface area (Å²) in [5.74, 6) is -0.672. The number of aromatic nitrogens is 2. The summed E-state index contributed by atoms with van der Waals surface area (Å²) in [6.07, 6.45) is 0. The van der Waals surface area contributed by atoms with E-state index in [1.807, 2.05) is 12.1 Å². The molecular formula is C20H11FN4O3S. The molecule has 3 aromatic heterocycles. The van der Waals surface area contributed by atoms with Crippen LogP contribution < -0.4 is 5.63 Å². The molecular weight excluding hydrogens is 395 g/mol. The van der Waals surface area contributed by atoms with E-state index in [0.717, 1.165) is 5.39 Å². The third-order valence-corrected chi connectivity index (χ3v) is 5.08. The van der Waals surface area contributed by atoms with Gasteiger partial charge in [0.05, 0.1) is 16.8 Å². The summed E-state index contributed by atoms with van der Waals surface area (Å²) < 4.78 is 18.8. The van der Waals surface area contributed by atoms with E-state index in [4.69, 9.17) is 4.42 Å². The molecule has 0 saturated carbocycles. The van der Waals surface area contributed by atoms with E-state index < -0.39 is 11.4 Å². The van der Waals surface area contributed by atoms with Crippen LogP contribution in [0.1, 0.15) is 0 Å². The number of hydrogen-bond donors (Lipinski definition) is 2. The molecule has 9 heteroatoms. The summed E-state index contributed by atoms with van der Waals surface area (Å²) in [7, 11) is 0. The molecule has 0 bridgehead atoms. The van der Waals surface area contributed by atoms with Crippen LogP contribution in [0.4, 0.5) is 15.2 Å². The van der Waals surface area contributed by atoms with Crippen LogP contribution in [0.15, 0.2) is 73.4 Å². The van der Waals surface area contributed by atoms with Crippen molar-refractivity contribution in [2.75, 3.05) is 0 Å². The van der Waals surface area contributed by atoms with Crippen LogP contribution in [0.5, 0.6) is 5.88 Å². The smallest absolute Gasteiger partial charge is 0.345 e. The molecule has 0 aliphatic carbocycles. The van der Waals surface area contributed by atoms with Crippen molar-refractivity contribution in [1.82, 2.24) is 9.97 Å². The summed E-state index contributed by atoms with van der Waals surface area (Å²) in [4.78, 5) is 19.3. The number of hydrogen-bond acceptors (Lipinski definition) is 7. The van der Waals surface area contributed by atoms with E-state index in [9.17, 15) is 14.3 Å². The van der Waals surface area contributed by atoms with Crippen molar-refractivity contribution in [3.63, 3.8) is 0 Å². The fourth-order valence-electron chi connectivity index (χ4n) is 3.00. The van der Waals surface area contributed by atoms with E-state index in [-0.39, 0.29) is 16.7 Å². The van der Waals surface area contributed by atoms with Crippen molar-refractivity contribution >= 4 is 44.0 Å². The first-order chi connectivity index (χ1) is 14.1. The number of halogens is 1. The molecule has 3 heterocycles. The highest BCUT2D eigenvalue weighted by Gasteiger charge is 2.13. The van der Waals surface area contributed by atoms with E-state index in [2.05, 4.69) is 20.2 Å². The lowest BCUT2D eigenvalue weighted by Crippen LogP contribution is -2.02. The van der Waals surface area contributed by atoms with Crippen molar-refractivity contribution in [2.24, 2.45) is 10.2 Å². The van der Waals surface area contributed by atoms with Crippen molar-refractivity contribution in [1.29, 1.82) is 0 Å². The number of fused-ring (bicyclic) bond motifs is 2. The molecule has 0 atom stereocenters. The van der Waals surface area contributed by atoms with Gasteiger partial charge in [0.25, 0.3) is 0 Å². The zero-order chi connectivity index (χ0) is 20.0. The van der Waals surface area contributed by atoms with Gasteiger partial charge in [-0.2, -0.15) is 0 Å². The van der Waals surface area contributed by atoms with Gasteiger partial charge in [-0.1, -0.05) is 18.2 Å². The Kier molecular flexibility index (Phi) is 3.95. The predicted octanol–water partition coefficient (Wildman–Crippen LogP) is 5.66. The van der Waals surface area contributed by atoms with Gasteiger partial charge in [0.15, 0.2) is 5.69 Å². The van der Waals surface area contributed by atoms with Gasteiger partial charge in [0, 0.05) is 16.2 Å². The average molecular weight is 406 g/mol.